The maximum absolute atomic E-state index is 7.46. The molecule has 5 heteroatoms. The van der Waals surface area contributed by atoms with Gasteiger partial charge in [-0.05, 0) is 18.6 Å². The zero-order valence-electron chi connectivity index (χ0n) is 8.90. The molecule has 82 valence electrons. The van der Waals surface area contributed by atoms with Gasteiger partial charge >= 0.3 is 0 Å². The molecular formula is C11H12N4S. The Morgan fingerprint density at radius 2 is 2.12 bits per heavy atom. The van der Waals surface area contributed by atoms with Crippen LogP contribution in [-0.4, -0.2) is 15.8 Å². The van der Waals surface area contributed by atoms with Crippen molar-refractivity contribution in [1.29, 1.82) is 5.41 Å². The van der Waals surface area contributed by atoms with Crippen LogP contribution in [0.15, 0.2) is 24.5 Å². The Morgan fingerprint density at radius 3 is 2.62 bits per heavy atom. The molecule has 0 bridgehead atoms. The Hall–Kier alpha value is -1.75. The van der Waals surface area contributed by atoms with Gasteiger partial charge in [0, 0.05) is 22.8 Å². The molecule has 0 spiro atoms. The second kappa shape index (κ2) is 4.40. The molecule has 2 heterocycles. The highest BCUT2D eigenvalue weighted by atomic mass is 32.1. The lowest BCUT2D eigenvalue weighted by molar-refractivity contribution is 1.15. The van der Waals surface area contributed by atoms with Crippen molar-refractivity contribution in [3.63, 3.8) is 0 Å². The third-order valence-electron chi connectivity index (χ3n) is 2.20. The number of hydrogen-bond acceptors (Lipinski definition) is 4. The lowest BCUT2D eigenvalue weighted by Crippen LogP contribution is -2.13. The number of nitrogens with two attached hydrogens (primary N) is 1. The van der Waals surface area contributed by atoms with E-state index in [1.54, 1.807) is 23.7 Å². The van der Waals surface area contributed by atoms with Crippen LogP contribution in [-0.2, 0) is 6.42 Å². The molecule has 2 rings (SSSR count). The fourth-order valence-electron chi connectivity index (χ4n) is 1.42. The van der Waals surface area contributed by atoms with Crippen LogP contribution < -0.4 is 5.73 Å². The number of aryl methyl sites for hydroxylation is 1. The summed E-state index contributed by atoms with van der Waals surface area (Å²) in [6.45, 7) is 2.04. The highest BCUT2D eigenvalue weighted by Crippen LogP contribution is 2.27. The largest absolute Gasteiger partial charge is 0.382 e. The highest BCUT2D eigenvalue weighted by molar-refractivity contribution is 7.15. The molecular weight excluding hydrogens is 220 g/mol. The van der Waals surface area contributed by atoms with E-state index >= 15 is 0 Å². The predicted molar refractivity (Wildman–Crippen MR) is 65.7 cm³/mol. The summed E-state index contributed by atoms with van der Waals surface area (Å²) in [5.74, 6) is 0.0356. The molecule has 0 saturated carbocycles. The van der Waals surface area contributed by atoms with Crippen molar-refractivity contribution in [2.24, 2.45) is 5.73 Å². The van der Waals surface area contributed by atoms with Crippen LogP contribution in [0, 0.1) is 5.41 Å². The fourth-order valence-corrected chi connectivity index (χ4v) is 2.44. The van der Waals surface area contributed by atoms with Crippen molar-refractivity contribution in [3.8, 4) is 10.6 Å². The zero-order valence-corrected chi connectivity index (χ0v) is 9.71. The summed E-state index contributed by atoms with van der Waals surface area (Å²) in [4.78, 5) is 9.41. The van der Waals surface area contributed by atoms with Crippen LogP contribution >= 0.6 is 11.3 Å². The average Bonchev–Trinajstić information content (AvgIpc) is 2.74. The first-order chi connectivity index (χ1) is 7.72. The summed E-state index contributed by atoms with van der Waals surface area (Å²) >= 11 is 1.58. The van der Waals surface area contributed by atoms with Crippen LogP contribution in [0.1, 0.15) is 17.5 Å². The maximum atomic E-state index is 7.46. The van der Waals surface area contributed by atoms with Gasteiger partial charge in [-0.2, -0.15) is 0 Å². The summed E-state index contributed by atoms with van der Waals surface area (Å²) in [5, 5.41) is 8.36. The minimum atomic E-state index is 0.0356. The molecule has 0 aromatic carbocycles. The second-order valence-corrected chi connectivity index (χ2v) is 4.38. The SMILES string of the molecule is CCc1sc(-c2ccncc2)nc1C(=N)N. The molecule has 0 radical (unpaired) electrons. The smallest absolute Gasteiger partial charge is 0.142 e. The summed E-state index contributed by atoms with van der Waals surface area (Å²) in [7, 11) is 0. The molecule has 4 nitrogen and oxygen atoms in total. The van der Waals surface area contributed by atoms with E-state index in [-0.39, 0.29) is 5.84 Å². The molecule has 0 unspecified atom stereocenters. The first kappa shape index (κ1) is 10.8. The van der Waals surface area contributed by atoms with Gasteiger partial charge in [-0.1, -0.05) is 6.92 Å². The van der Waals surface area contributed by atoms with E-state index in [1.165, 1.54) is 0 Å². The van der Waals surface area contributed by atoms with Crippen molar-refractivity contribution < 1.29 is 0 Å². The molecule has 0 aliphatic heterocycles. The van der Waals surface area contributed by atoms with Crippen LogP contribution in [0.2, 0.25) is 0 Å². The number of pyridine rings is 1. The minimum absolute atomic E-state index is 0.0356. The highest BCUT2D eigenvalue weighted by Gasteiger charge is 2.12. The number of amidine groups is 1. The molecule has 3 N–H and O–H groups in total. The van der Waals surface area contributed by atoms with Crippen molar-refractivity contribution in [2.75, 3.05) is 0 Å². The number of aromatic nitrogens is 2. The topological polar surface area (TPSA) is 75.7 Å². The molecule has 0 fully saturated rings. The van der Waals surface area contributed by atoms with Gasteiger partial charge in [-0.3, -0.25) is 10.4 Å². The Morgan fingerprint density at radius 1 is 1.44 bits per heavy atom. The van der Waals surface area contributed by atoms with E-state index in [1.807, 2.05) is 19.1 Å². The maximum Gasteiger partial charge on any atom is 0.142 e. The van der Waals surface area contributed by atoms with E-state index in [4.69, 9.17) is 11.1 Å². The summed E-state index contributed by atoms with van der Waals surface area (Å²) in [6, 6.07) is 3.81. The van der Waals surface area contributed by atoms with Gasteiger partial charge in [-0.25, -0.2) is 4.98 Å². The van der Waals surface area contributed by atoms with Crippen LogP contribution in [0.5, 0.6) is 0 Å². The van der Waals surface area contributed by atoms with E-state index in [0.29, 0.717) is 5.69 Å². The predicted octanol–water partition coefficient (Wildman–Crippen LogP) is 2.05. The Bertz CT molecular complexity index is 504. The van der Waals surface area contributed by atoms with E-state index in [0.717, 1.165) is 21.9 Å². The molecule has 0 amide bonds. The van der Waals surface area contributed by atoms with Crippen LogP contribution in [0.4, 0.5) is 0 Å². The molecule has 2 aromatic rings. The summed E-state index contributed by atoms with van der Waals surface area (Å²) in [5.41, 5.74) is 7.12. The quantitative estimate of drug-likeness (QED) is 0.628. The number of rotatable bonds is 3. The first-order valence-electron chi connectivity index (χ1n) is 4.97. The number of nitrogens with zero attached hydrogens (tertiary/aromatic N) is 2. The van der Waals surface area contributed by atoms with E-state index < -0.39 is 0 Å². The monoisotopic (exact) mass is 232 g/mol. The van der Waals surface area contributed by atoms with Gasteiger partial charge in [0.1, 0.15) is 16.5 Å². The van der Waals surface area contributed by atoms with Gasteiger partial charge in [0.05, 0.1) is 0 Å². The van der Waals surface area contributed by atoms with Crippen LogP contribution in [0.3, 0.4) is 0 Å². The first-order valence-corrected chi connectivity index (χ1v) is 5.78. The Kier molecular flexibility index (Phi) is 2.96. The Labute approximate surface area is 97.7 Å². The lowest BCUT2D eigenvalue weighted by Gasteiger charge is -1.94. The molecule has 2 aromatic heterocycles. The number of nitrogens with one attached hydrogen (secondary N) is 1. The standard InChI is InChI=1S/C11H12N4S/c1-2-8-9(10(12)13)15-11(16-8)7-3-5-14-6-4-7/h3-6H,2H2,1H3,(H3,12,13). The van der Waals surface area contributed by atoms with Gasteiger partial charge in [0.15, 0.2) is 0 Å². The lowest BCUT2D eigenvalue weighted by atomic mass is 10.2. The second-order valence-electron chi connectivity index (χ2n) is 3.29. The van der Waals surface area contributed by atoms with Gasteiger partial charge in [0.25, 0.3) is 0 Å². The fraction of sp³-hybridized carbons (Fsp3) is 0.182. The molecule has 16 heavy (non-hydrogen) atoms. The van der Waals surface area contributed by atoms with Gasteiger partial charge in [0.2, 0.25) is 0 Å². The molecule has 0 aliphatic carbocycles. The van der Waals surface area contributed by atoms with Crippen LogP contribution in [0.25, 0.3) is 10.6 Å². The molecule has 0 aliphatic rings. The Balaban J connectivity index is 2.48. The third-order valence-corrected chi connectivity index (χ3v) is 3.45. The molecule has 0 saturated heterocycles. The van der Waals surface area contributed by atoms with E-state index in [2.05, 4.69) is 9.97 Å². The number of hydrogen-bond donors (Lipinski definition) is 2. The summed E-state index contributed by atoms with van der Waals surface area (Å²) in [6.07, 6.45) is 4.31. The normalized spacial score (nSPS) is 10.3. The van der Waals surface area contributed by atoms with Gasteiger partial charge in [-0.15, -0.1) is 11.3 Å². The van der Waals surface area contributed by atoms with Crippen molar-refractivity contribution in [3.05, 3.63) is 35.1 Å². The molecule has 0 atom stereocenters. The third kappa shape index (κ3) is 1.94. The summed E-state index contributed by atoms with van der Waals surface area (Å²) < 4.78 is 0. The minimum Gasteiger partial charge on any atom is -0.382 e. The van der Waals surface area contributed by atoms with E-state index in [9.17, 15) is 0 Å². The van der Waals surface area contributed by atoms with Crippen molar-refractivity contribution >= 4 is 17.2 Å². The zero-order chi connectivity index (χ0) is 11.5. The average molecular weight is 232 g/mol. The van der Waals surface area contributed by atoms with Crippen molar-refractivity contribution in [1.82, 2.24) is 9.97 Å². The number of nitrogen functional groups attached to an aromatic ring is 1. The van der Waals surface area contributed by atoms with Gasteiger partial charge < -0.3 is 5.73 Å². The number of thiazole rings is 1. The van der Waals surface area contributed by atoms with Crippen molar-refractivity contribution in [2.45, 2.75) is 13.3 Å².